The molecule has 36 heteroatoms. The maximum Gasteiger partial charge on any atom is 0.303 e. The first-order valence-electron chi connectivity index (χ1n) is 28.0. The van der Waals surface area contributed by atoms with E-state index in [1.54, 1.807) is 41.0 Å². The van der Waals surface area contributed by atoms with E-state index in [1.807, 2.05) is 38.7 Å². The molecule has 0 unspecified atom stereocenters. The van der Waals surface area contributed by atoms with Gasteiger partial charge >= 0.3 is 5.97 Å². The molecule has 0 bridgehead atoms. The highest BCUT2D eigenvalue weighted by atomic mass is 32.2. The molecule has 10 N–H and O–H groups in total. The average molecular weight is 1380 g/mol. The van der Waals surface area contributed by atoms with Gasteiger partial charge in [0, 0.05) is 68.3 Å². The van der Waals surface area contributed by atoms with Gasteiger partial charge in [-0.05, 0) is 109 Å². The van der Waals surface area contributed by atoms with Crippen LogP contribution in [-0.4, -0.2) is 202 Å². The third kappa shape index (κ3) is 19.9. The summed E-state index contributed by atoms with van der Waals surface area (Å²) < 4.78 is 177. The number of hydrogen-bond donors (Lipinski definition) is 10. The number of unbranched alkanes of at least 4 members (excludes halogenated alkanes) is 2. The Labute approximate surface area is 531 Å². The summed E-state index contributed by atoms with van der Waals surface area (Å²) in [5, 5.41) is 18.7. The van der Waals surface area contributed by atoms with E-state index in [4.69, 9.17) is 9.47 Å². The number of nitrogens with zero attached hydrogens (tertiary/aromatic N) is 4. The van der Waals surface area contributed by atoms with E-state index < -0.39 is 169 Å². The number of carboxylic acids is 1. The molecule has 0 aliphatic carbocycles. The number of anilines is 1. The number of carbonyl (C=O) groups is 5. The Hall–Kier alpha value is -7.81. The molecule has 6 rings (SSSR count). The minimum atomic E-state index is -4.52. The van der Waals surface area contributed by atoms with Crippen molar-refractivity contribution in [2.45, 2.75) is 70.6 Å². The van der Waals surface area contributed by atoms with Crippen molar-refractivity contribution in [3.63, 3.8) is 0 Å². The number of benzene rings is 2. The number of carbonyl (C=O) groups excluding carboxylic acids is 4. The number of fused-ring (bicyclic) bond motifs is 2. The van der Waals surface area contributed by atoms with Crippen LogP contribution in [0.5, 0.6) is 11.5 Å². The van der Waals surface area contributed by atoms with E-state index in [2.05, 4.69) is 31.2 Å². The lowest BCUT2D eigenvalue weighted by atomic mass is 9.80. The van der Waals surface area contributed by atoms with Gasteiger partial charge in [0.15, 0.2) is 18.0 Å². The number of rotatable bonds is 32. The maximum atomic E-state index is 13.5. The van der Waals surface area contributed by atoms with Crippen molar-refractivity contribution in [3.05, 3.63) is 106 Å². The van der Waals surface area contributed by atoms with Crippen LogP contribution >= 0.6 is 0 Å². The summed E-state index contributed by atoms with van der Waals surface area (Å²) in [6.45, 7) is 5.59. The normalized spacial score (nSPS) is 15.1. The number of methoxy groups -OCH3 is 2. The molecule has 0 atom stereocenters. The number of amides is 4. The minimum absolute atomic E-state index is 0.0184. The fourth-order valence-electron chi connectivity index (χ4n) is 10.4. The molecule has 0 fully saturated rings. The Bertz CT molecular complexity index is 4130. The van der Waals surface area contributed by atoms with E-state index in [-0.39, 0.29) is 42.0 Å². The summed E-state index contributed by atoms with van der Waals surface area (Å²) >= 11 is 0. The first-order valence-corrected chi connectivity index (χ1v) is 36.1. The zero-order valence-electron chi connectivity index (χ0n) is 50.6. The van der Waals surface area contributed by atoms with Crippen LogP contribution in [0.3, 0.4) is 0 Å². The minimum Gasteiger partial charge on any atom is -0.495 e. The monoisotopic (exact) mass is 1380 g/mol. The second-order valence-corrected chi connectivity index (χ2v) is 30.1. The second-order valence-electron chi connectivity index (χ2n) is 22.3. The van der Waals surface area contributed by atoms with Crippen LogP contribution in [0.1, 0.15) is 113 Å². The number of aliphatic carboxylic acids is 1. The fourth-order valence-corrected chi connectivity index (χ4v) is 12.3. The number of hydrogen-bond acceptors (Lipinski definition) is 20. The van der Waals surface area contributed by atoms with Crippen molar-refractivity contribution < 1.29 is 108 Å². The van der Waals surface area contributed by atoms with Gasteiger partial charge in [0.25, 0.3) is 79.9 Å². The van der Waals surface area contributed by atoms with Crippen LogP contribution in [0.25, 0.3) is 22.3 Å². The Balaban J connectivity index is 1.51. The zero-order valence-corrected chi connectivity index (χ0v) is 54.7. The van der Waals surface area contributed by atoms with E-state index in [1.165, 1.54) is 38.5 Å². The Morgan fingerprint density at radius 3 is 1.30 bits per heavy atom. The van der Waals surface area contributed by atoms with E-state index in [0.717, 1.165) is 0 Å². The molecular weight excluding hydrogens is 1310 g/mol. The van der Waals surface area contributed by atoms with E-state index in [0.29, 0.717) is 70.8 Å². The van der Waals surface area contributed by atoms with Crippen molar-refractivity contribution in [1.29, 1.82) is 0 Å². The highest BCUT2D eigenvalue weighted by Crippen LogP contribution is 2.54. The number of nitrogens with one attached hydrogen (secondary N) is 4. The molecule has 2 aromatic carbocycles. The summed E-state index contributed by atoms with van der Waals surface area (Å²) in [5.74, 6) is -8.44. The van der Waals surface area contributed by atoms with Gasteiger partial charge in [-0.2, -0.15) is 46.7 Å². The maximum absolute atomic E-state index is 13.5. The molecule has 4 amide bonds. The van der Waals surface area contributed by atoms with E-state index >= 15 is 0 Å². The topological polar surface area (TPSA) is 476 Å². The number of carboxylic acid groups (broad SMARTS) is 1. The molecule has 2 aromatic heterocycles. The molecule has 4 aromatic rings. The van der Waals surface area contributed by atoms with Crippen LogP contribution in [0.4, 0.5) is 11.4 Å². The molecular formula is C56H71N8O23S5+. The molecule has 4 heterocycles. The van der Waals surface area contributed by atoms with Crippen molar-refractivity contribution in [1.82, 2.24) is 31.2 Å². The predicted molar refractivity (Wildman–Crippen MR) is 335 cm³/mol. The standard InChI is InChI=1S/C56H70N8O23S5/c1-55(2)38-26-34(36-28-40(51(67)57-15-22-89(74,75)76)61-41(29-36)52(68)58-16-23-90(77,78)79)32-44(86-5)49(38)63(19-9-7-8-14-48(65)66)46(55)12-10-13-47-56(3,4)39-27-35(33-45(87-6)50(39)64(47)20-11-21-88(71,72)73)37-30-42(53(69)59-17-24-91(80,81)82)62-43(31-37)54(70)60-18-25-92(83,84)85/h10,12-13,26-33H,7-9,11,14-25H2,1-6H3,(H9-,57,58,59,60,65,66,67,68,69,70,71,72,73,74,75,76,77,78,79,80,81,82,83,84,85)/p+1. The molecule has 502 valence electrons. The number of pyridine rings is 2. The van der Waals surface area contributed by atoms with Crippen molar-refractivity contribution in [3.8, 4) is 33.8 Å². The first-order chi connectivity index (χ1) is 42.6. The lowest BCUT2D eigenvalue weighted by molar-refractivity contribution is -0.438. The molecule has 2 aliphatic rings. The van der Waals surface area contributed by atoms with Gasteiger partial charge in [-0.25, -0.2) is 9.97 Å². The Morgan fingerprint density at radius 1 is 0.522 bits per heavy atom. The molecule has 31 nitrogen and oxygen atoms in total. The van der Waals surface area contributed by atoms with Crippen LogP contribution in [0.15, 0.2) is 72.5 Å². The molecule has 0 radical (unpaired) electrons. The largest absolute Gasteiger partial charge is 0.495 e. The van der Waals surface area contributed by atoms with E-state index in [9.17, 15) is 93.9 Å². The summed E-state index contributed by atoms with van der Waals surface area (Å²) in [6.07, 6.45) is 6.51. The average Bonchev–Trinajstić information content (AvgIpc) is 1.58. The highest BCUT2D eigenvalue weighted by molar-refractivity contribution is 7.86. The number of ether oxygens (including phenoxy) is 2. The van der Waals surface area contributed by atoms with Gasteiger partial charge in [-0.15, -0.1) is 0 Å². The summed E-state index contributed by atoms with van der Waals surface area (Å²) in [6, 6.07) is 11.9. The van der Waals surface area contributed by atoms with Crippen molar-refractivity contribution in [2.75, 3.05) is 87.2 Å². The summed E-state index contributed by atoms with van der Waals surface area (Å²) in [7, 11) is -19.8. The third-order valence-electron chi connectivity index (χ3n) is 14.7. The van der Waals surface area contributed by atoms with Crippen LogP contribution < -0.4 is 35.6 Å². The van der Waals surface area contributed by atoms with Crippen molar-refractivity contribution >= 4 is 97.3 Å². The Morgan fingerprint density at radius 2 is 0.913 bits per heavy atom. The lowest BCUT2D eigenvalue weighted by Crippen LogP contribution is -2.32. The molecule has 2 aliphatic heterocycles. The molecule has 92 heavy (non-hydrogen) atoms. The van der Waals surface area contributed by atoms with Gasteiger partial charge in [-0.3, -0.25) is 46.7 Å². The lowest BCUT2D eigenvalue weighted by Gasteiger charge is -2.27. The number of aromatic nitrogens is 2. The highest BCUT2D eigenvalue weighted by Gasteiger charge is 2.47. The van der Waals surface area contributed by atoms with Gasteiger partial charge < -0.3 is 40.7 Å². The number of allylic oxidation sites excluding steroid dienone is 4. The molecule has 0 saturated heterocycles. The zero-order chi connectivity index (χ0) is 68.5. The smallest absolute Gasteiger partial charge is 0.303 e. The summed E-state index contributed by atoms with van der Waals surface area (Å²) in [5.41, 5.74) is 0.897. The van der Waals surface area contributed by atoms with Gasteiger partial charge in [-0.1, -0.05) is 26.3 Å². The predicted octanol–water partition coefficient (Wildman–Crippen LogP) is 2.84. The van der Waals surface area contributed by atoms with Gasteiger partial charge in [0.1, 0.15) is 28.5 Å². The second kappa shape index (κ2) is 29.4. The van der Waals surface area contributed by atoms with Crippen molar-refractivity contribution in [2.24, 2.45) is 0 Å². The quantitative estimate of drug-likeness (QED) is 0.0191. The first kappa shape index (κ1) is 73.2. The van der Waals surface area contributed by atoms with Crippen LogP contribution in [0, 0.1) is 0 Å². The van der Waals surface area contributed by atoms with Gasteiger partial charge in [0.05, 0.1) is 54.1 Å². The fraction of sp³-hybridized carbons (Fsp3) is 0.429. The summed E-state index contributed by atoms with van der Waals surface area (Å²) in [4.78, 5) is 75.8. The van der Waals surface area contributed by atoms with Gasteiger partial charge in [0.2, 0.25) is 0 Å². The van der Waals surface area contributed by atoms with Crippen LogP contribution in [-0.2, 0) is 66.2 Å². The van der Waals surface area contributed by atoms with Crippen LogP contribution in [0.2, 0.25) is 0 Å². The third-order valence-corrected chi connectivity index (χ3v) is 18.4. The Kier molecular flexibility index (Phi) is 23.4. The molecule has 0 saturated carbocycles. The SMILES string of the molecule is COc1cc(-c2cc(C(=O)NCCS(=O)(=O)O)nc(C(=O)NCCS(=O)(=O)O)c2)cc2c1N(CCCCCC(=O)O)/C(=C/C=C/C1=[N+](CCCS(=O)(=O)O)c3c(OC)cc(-c4cc(C(=O)NCCS(=O)(=O)O)nc(C(=O)NCCS(=O)(=O)O)c4)cc3C1(C)C)C2(C)C. The molecule has 0 spiro atoms.